The number of nitrogens with one attached hydrogen (secondary N) is 1. The van der Waals surface area contributed by atoms with Gasteiger partial charge in [-0.15, -0.1) is 0 Å². The Balaban J connectivity index is 1.68. The molecule has 0 unspecified atom stereocenters. The van der Waals surface area contributed by atoms with E-state index in [1.165, 1.54) is 43.5 Å². The Morgan fingerprint density at radius 1 is 1.17 bits per heavy atom. The number of rotatable bonds is 7. The molecule has 1 aromatic rings. The van der Waals surface area contributed by atoms with Gasteiger partial charge in [-0.1, -0.05) is 19.3 Å². The monoisotopic (exact) mass is 339 g/mol. The summed E-state index contributed by atoms with van der Waals surface area (Å²) in [5.74, 6) is -0.192. The highest BCUT2D eigenvalue weighted by atomic mass is 32.2. The minimum atomic E-state index is -3.23. The fourth-order valence-electron chi connectivity index (χ4n) is 2.71. The standard InChI is InChI=1S/C17H25NO4S/c1-23(20,21)16-10-8-14(9-11-16)17(19)18-12-5-13-22-15-6-3-2-4-7-15/h8-11,15H,2-7,12-13H2,1H3,(H,18,19). The van der Waals surface area contributed by atoms with Crippen molar-refractivity contribution in [1.82, 2.24) is 5.32 Å². The van der Waals surface area contributed by atoms with Crippen LogP contribution in [0.1, 0.15) is 48.9 Å². The van der Waals surface area contributed by atoms with Crippen LogP contribution in [0.15, 0.2) is 29.2 Å². The van der Waals surface area contributed by atoms with Gasteiger partial charge in [0.1, 0.15) is 0 Å². The minimum absolute atomic E-state index is 0.192. The van der Waals surface area contributed by atoms with Crippen LogP contribution in [0, 0.1) is 0 Å². The molecule has 1 aromatic carbocycles. The summed E-state index contributed by atoms with van der Waals surface area (Å²) in [6.07, 6.45) is 8.45. The molecular weight excluding hydrogens is 314 g/mol. The number of ether oxygens (including phenoxy) is 1. The van der Waals surface area contributed by atoms with Crippen LogP contribution in [0.5, 0.6) is 0 Å². The second-order valence-electron chi connectivity index (χ2n) is 6.04. The predicted molar refractivity (Wildman–Crippen MR) is 89.3 cm³/mol. The van der Waals surface area contributed by atoms with E-state index in [9.17, 15) is 13.2 Å². The van der Waals surface area contributed by atoms with E-state index in [-0.39, 0.29) is 10.8 Å². The first kappa shape index (κ1) is 17.9. The van der Waals surface area contributed by atoms with Crippen LogP contribution in [0.25, 0.3) is 0 Å². The van der Waals surface area contributed by atoms with Crippen LogP contribution in [0.3, 0.4) is 0 Å². The summed E-state index contributed by atoms with van der Waals surface area (Å²) in [6.45, 7) is 1.22. The van der Waals surface area contributed by atoms with Crippen LogP contribution < -0.4 is 5.32 Å². The van der Waals surface area contributed by atoms with Gasteiger partial charge in [-0.3, -0.25) is 4.79 Å². The summed E-state index contributed by atoms with van der Waals surface area (Å²) in [6, 6.07) is 5.97. The van der Waals surface area contributed by atoms with Crippen molar-refractivity contribution in [1.29, 1.82) is 0 Å². The normalized spacial score (nSPS) is 16.2. The van der Waals surface area contributed by atoms with Gasteiger partial charge in [-0.2, -0.15) is 0 Å². The van der Waals surface area contributed by atoms with Crippen molar-refractivity contribution in [2.24, 2.45) is 0 Å². The highest BCUT2D eigenvalue weighted by molar-refractivity contribution is 7.90. The fraction of sp³-hybridized carbons (Fsp3) is 0.588. The maximum absolute atomic E-state index is 12.0. The molecule has 1 fully saturated rings. The molecule has 2 rings (SSSR count). The number of sulfone groups is 1. The Morgan fingerprint density at radius 3 is 2.43 bits per heavy atom. The molecule has 0 radical (unpaired) electrons. The highest BCUT2D eigenvalue weighted by Gasteiger charge is 2.13. The molecule has 1 aliphatic rings. The third-order valence-electron chi connectivity index (χ3n) is 4.06. The number of amides is 1. The maximum Gasteiger partial charge on any atom is 0.251 e. The summed E-state index contributed by atoms with van der Waals surface area (Å²) in [5.41, 5.74) is 0.464. The lowest BCUT2D eigenvalue weighted by molar-refractivity contribution is 0.0273. The van der Waals surface area contributed by atoms with Crippen molar-refractivity contribution in [3.63, 3.8) is 0 Å². The van der Waals surface area contributed by atoms with Crippen molar-refractivity contribution >= 4 is 15.7 Å². The van der Waals surface area contributed by atoms with Crippen LogP contribution in [-0.2, 0) is 14.6 Å². The van der Waals surface area contributed by atoms with E-state index in [1.54, 1.807) is 0 Å². The lowest BCUT2D eigenvalue weighted by atomic mass is 9.98. The molecule has 1 amide bonds. The summed E-state index contributed by atoms with van der Waals surface area (Å²) in [5, 5.41) is 2.83. The zero-order valence-electron chi connectivity index (χ0n) is 13.6. The second-order valence-corrected chi connectivity index (χ2v) is 8.05. The number of carbonyl (C=O) groups is 1. The van der Waals surface area contributed by atoms with Crippen molar-refractivity contribution in [2.45, 2.75) is 49.5 Å². The van der Waals surface area contributed by atoms with E-state index in [0.29, 0.717) is 24.8 Å². The van der Waals surface area contributed by atoms with Gasteiger partial charge in [0.05, 0.1) is 11.0 Å². The zero-order chi connectivity index (χ0) is 16.7. The quantitative estimate of drug-likeness (QED) is 0.775. The molecule has 0 aromatic heterocycles. The summed E-state index contributed by atoms with van der Waals surface area (Å²) in [4.78, 5) is 12.2. The van der Waals surface area contributed by atoms with Gasteiger partial charge in [0.2, 0.25) is 0 Å². The SMILES string of the molecule is CS(=O)(=O)c1ccc(C(=O)NCCCOC2CCCCC2)cc1. The van der Waals surface area contributed by atoms with Crippen molar-refractivity contribution in [3.8, 4) is 0 Å². The van der Waals surface area contributed by atoms with E-state index >= 15 is 0 Å². The maximum atomic E-state index is 12.0. The van der Waals surface area contributed by atoms with Crippen LogP contribution >= 0.6 is 0 Å². The largest absolute Gasteiger partial charge is 0.378 e. The molecule has 23 heavy (non-hydrogen) atoms. The fourth-order valence-corrected chi connectivity index (χ4v) is 3.34. The number of hydrogen-bond donors (Lipinski definition) is 1. The van der Waals surface area contributed by atoms with Gasteiger partial charge in [0.15, 0.2) is 9.84 Å². The van der Waals surface area contributed by atoms with E-state index in [1.807, 2.05) is 0 Å². The molecule has 0 bridgehead atoms. The number of carbonyl (C=O) groups excluding carboxylic acids is 1. The second kappa shape index (κ2) is 8.45. The topological polar surface area (TPSA) is 72.5 Å². The van der Waals surface area contributed by atoms with Gasteiger partial charge in [0, 0.05) is 25.0 Å². The van der Waals surface area contributed by atoms with Gasteiger partial charge in [-0.25, -0.2) is 8.42 Å². The molecule has 0 atom stereocenters. The first-order chi connectivity index (χ1) is 11.0. The molecule has 1 saturated carbocycles. The Kier molecular flexibility index (Phi) is 6.59. The Hall–Kier alpha value is -1.40. The van der Waals surface area contributed by atoms with E-state index in [0.717, 1.165) is 25.5 Å². The molecule has 0 saturated heterocycles. The first-order valence-corrected chi connectivity index (χ1v) is 10.1. The smallest absolute Gasteiger partial charge is 0.251 e. The lowest BCUT2D eigenvalue weighted by Gasteiger charge is -2.21. The molecule has 1 aliphatic carbocycles. The van der Waals surface area contributed by atoms with Crippen molar-refractivity contribution < 1.29 is 17.9 Å². The van der Waals surface area contributed by atoms with E-state index in [4.69, 9.17) is 4.74 Å². The van der Waals surface area contributed by atoms with E-state index < -0.39 is 9.84 Å². The molecule has 1 N–H and O–H groups in total. The summed E-state index contributed by atoms with van der Waals surface area (Å²) < 4.78 is 28.6. The Labute approximate surface area is 138 Å². The summed E-state index contributed by atoms with van der Waals surface area (Å²) in [7, 11) is -3.23. The van der Waals surface area contributed by atoms with Crippen LogP contribution in [0.2, 0.25) is 0 Å². The zero-order valence-corrected chi connectivity index (χ0v) is 14.4. The van der Waals surface area contributed by atoms with E-state index in [2.05, 4.69) is 5.32 Å². The lowest BCUT2D eigenvalue weighted by Crippen LogP contribution is -2.26. The number of hydrogen-bond acceptors (Lipinski definition) is 4. The van der Waals surface area contributed by atoms with Crippen molar-refractivity contribution in [2.75, 3.05) is 19.4 Å². The van der Waals surface area contributed by atoms with Gasteiger partial charge in [0.25, 0.3) is 5.91 Å². The summed E-state index contributed by atoms with van der Waals surface area (Å²) >= 11 is 0. The van der Waals surface area contributed by atoms with Crippen LogP contribution in [0.4, 0.5) is 0 Å². The van der Waals surface area contributed by atoms with Gasteiger partial charge in [-0.05, 0) is 43.5 Å². The molecule has 5 nitrogen and oxygen atoms in total. The molecule has 128 valence electrons. The average molecular weight is 339 g/mol. The molecular formula is C17H25NO4S. The predicted octanol–water partition coefficient (Wildman–Crippen LogP) is 2.56. The third-order valence-corrected chi connectivity index (χ3v) is 5.19. The van der Waals surface area contributed by atoms with Crippen LogP contribution in [-0.4, -0.2) is 39.8 Å². The molecule has 6 heteroatoms. The molecule has 0 aliphatic heterocycles. The Morgan fingerprint density at radius 2 is 1.83 bits per heavy atom. The van der Waals surface area contributed by atoms with Crippen molar-refractivity contribution in [3.05, 3.63) is 29.8 Å². The average Bonchev–Trinajstić information content (AvgIpc) is 2.54. The first-order valence-electron chi connectivity index (χ1n) is 8.17. The van der Waals surface area contributed by atoms with Gasteiger partial charge >= 0.3 is 0 Å². The molecule has 0 heterocycles. The third kappa shape index (κ3) is 5.95. The highest BCUT2D eigenvalue weighted by Crippen LogP contribution is 2.20. The minimum Gasteiger partial charge on any atom is -0.378 e. The molecule has 0 spiro atoms. The Bertz CT molecular complexity index is 604. The van der Waals surface area contributed by atoms with Gasteiger partial charge < -0.3 is 10.1 Å². The number of benzene rings is 1.